The van der Waals surface area contributed by atoms with E-state index in [1.54, 1.807) is 36.5 Å². The lowest BCUT2D eigenvalue weighted by atomic mass is 10.0. The summed E-state index contributed by atoms with van der Waals surface area (Å²) in [4.78, 5) is 15.5. The summed E-state index contributed by atoms with van der Waals surface area (Å²) < 4.78 is 2.43. The molecule has 2 N–H and O–H groups in total. The third-order valence-electron chi connectivity index (χ3n) is 4.77. The number of hydrogen-bond acceptors (Lipinski definition) is 5. The monoisotopic (exact) mass is 423 g/mol. The SMILES string of the molecule is [C-]#[N+]/C=C/c1cc(C)c(-n2c(=S)[nH]c3cnc(Nc4ccc(C#N)cc4)nc32)c(C)c1. The molecule has 2 heterocycles. The van der Waals surface area contributed by atoms with Gasteiger partial charge >= 0.3 is 0 Å². The van der Waals surface area contributed by atoms with Gasteiger partial charge in [0.15, 0.2) is 16.6 Å². The molecule has 2 aromatic carbocycles. The molecule has 0 spiro atoms. The lowest BCUT2D eigenvalue weighted by molar-refractivity contribution is 1.01. The van der Waals surface area contributed by atoms with Crippen LogP contribution in [0.5, 0.6) is 0 Å². The molecule has 0 unspecified atom stereocenters. The number of imidazole rings is 1. The molecule has 2 aromatic heterocycles. The molecule has 7 nitrogen and oxygen atoms in total. The van der Waals surface area contributed by atoms with E-state index in [-0.39, 0.29) is 0 Å². The number of aryl methyl sites for hydroxylation is 2. The van der Waals surface area contributed by atoms with Gasteiger partial charge in [0, 0.05) is 5.69 Å². The van der Waals surface area contributed by atoms with Crippen molar-refractivity contribution in [2.24, 2.45) is 0 Å². The van der Waals surface area contributed by atoms with Crippen LogP contribution in [-0.2, 0) is 0 Å². The van der Waals surface area contributed by atoms with Crippen molar-refractivity contribution in [2.45, 2.75) is 13.8 Å². The van der Waals surface area contributed by atoms with Crippen molar-refractivity contribution in [1.82, 2.24) is 19.5 Å². The van der Waals surface area contributed by atoms with Gasteiger partial charge < -0.3 is 10.3 Å². The predicted octanol–water partition coefficient (Wildman–Crippen LogP) is 5.60. The van der Waals surface area contributed by atoms with Gasteiger partial charge in [-0.2, -0.15) is 10.2 Å². The average molecular weight is 424 g/mol. The summed E-state index contributed by atoms with van der Waals surface area (Å²) in [5.74, 6) is 0.423. The van der Waals surface area contributed by atoms with E-state index in [9.17, 15) is 0 Å². The van der Waals surface area contributed by atoms with Crippen molar-refractivity contribution in [1.29, 1.82) is 5.26 Å². The van der Waals surface area contributed by atoms with E-state index in [1.807, 2.05) is 30.5 Å². The molecule has 8 heteroatoms. The molecule has 0 aliphatic carbocycles. The Morgan fingerprint density at radius 3 is 2.58 bits per heavy atom. The van der Waals surface area contributed by atoms with Crippen molar-refractivity contribution >= 4 is 41.1 Å². The van der Waals surface area contributed by atoms with Gasteiger partial charge in [-0.3, -0.25) is 4.57 Å². The maximum atomic E-state index is 8.95. The largest absolute Gasteiger partial charge is 0.328 e. The number of benzene rings is 2. The molecule has 4 aromatic rings. The first-order valence-corrected chi connectivity index (χ1v) is 9.80. The summed E-state index contributed by atoms with van der Waals surface area (Å²) >= 11 is 5.59. The Kier molecular flexibility index (Phi) is 5.31. The number of hydrogen-bond donors (Lipinski definition) is 2. The number of aromatic amines is 1. The molecule has 0 fully saturated rings. The van der Waals surface area contributed by atoms with E-state index in [1.165, 1.54) is 6.20 Å². The predicted molar refractivity (Wildman–Crippen MR) is 124 cm³/mol. The third-order valence-corrected chi connectivity index (χ3v) is 5.06. The van der Waals surface area contributed by atoms with Gasteiger partial charge in [0.05, 0.1) is 30.1 Å². The van der Waals surface area contributed by atoms with Gasteiger partial charge in [-0.25, -0.2) is 9.83 Å². The topological polar surface area (TPSA) is 86.7 Å². The maximum absolute atomic E-state index is 8.95. The number of nitriles is 1. The minimum atomic E-state index is 0.423. The third kappa shape index (κ3) is 3.93. The highest BCUT2D eigenvalue weighted by molar-refractivity contribution is 7.71. The standard InChI is InChI=1S/C23H17N7S/c1-14-10-17(8-9-25-3)11-15(2)20(14)30-21-19(28-23(30)31)13-26-22(29-21)27-18-6-4-16(12-24)5-7-18/h4-11,13H,1-2H3,(H,28,31)(H,26,27,29)/b9-8+. The van der Waals surface area contributed by atoms with Crippen LogP contribution in [0.3, 0.4) is 0 Å². The van der Waals surface area contributed by atoms with Crippen molar-refractivity contribution in [2.75, 3.05) is 5.32 Å². The summed E-state index contributed by atoms with van der Waals surface area (Å²) in [6.45, 7) is 11.0. The van der Waals surface area contributed by atoms with E-state index in [0.29, 0.717) is 21.9 Å². The second-order valence-electron chi connectivity index (χ2n) is 6.96. The number of nitrogens with zero attached hydrogens (tertiary/aromatic N) is 5. The van der Waals surface area contributed by atoms with Crippen LogP contribution in [0, 0.1) is 36.5 Å². The number of aromatic nitrogens is 4. The molecule has 31 heavy (non-hydrogen) atoms. The van der Waals surface area contributed by atoms with Crippen LogP contribution in [0.2, 0.25) is 0 Å². The Bertz CT molecular complexity index is 1440. The van der Waals surface area contributed by atoms with Crippen molar-refractivity contribution < 1.29 is 0 Å². The number of rotatable bonds is 4. The zero-order valence-electron chi connectivity index (χ0n) is 16.8. The van der Waals surface area contributed by atoms with E-state index in [4.69, 9.17) is 24.1 Å². The van der Waals surface area contributed by atoms with Crippen LogP contribution in [0.15, 0.2) is 48.8 Å². The first-order valence-electron chi connectivity index (χ1n) is 9.40. The van der Waals surface area contributed by atoms with Gasteiger partial charge in [-0.15, -0.1) is 0 Å². The van der Waals surface area contributed by atoms with Gasteiger partial charge in [-0.1, -0.05) is 18.2 Å². The van der Waals surface area contributed by atoms with E-state index < -0.39 is 0 Å². The molecule has 4 rings (SSSR count). The molecule has 0 atom stereocenters. The molecular formula is C23H17N7S. The van der Waals surface area contributed by atoms with Crippen molar-refractivity contribution in [3.05, 3.63) is 87.2 Å². The molecule has 150 valence electrons. The first-order chi connectivity index (χ1) is 15.0. The second-order valence-corrected chi connectivity index (χ2v) is 7.35. The van der Waals surface area contributed by atoms with Crippen molar-refractivity contribution in [3.63, 3.8) is 0 Å². The molecule has 0 aliphatic rings. The van der Waals surface area contributed by atoms with Crippen LogP contribution in [0.1, 0.15) is 22.3 Å². The van der Waals surface area contributed by atoms with E-state index in [2.05, 4.69) is 31.2 Å². The lowest BCUT2D eigenvalue weighted by Gasteiger charge is -2.13. The molecule has 0 bridgehead atoms. The van der Waals surface area contributed by atoms with Gasteiger partial charge in [0.25, 0.3) is 0 Å². The van der Waals surface area contributed by atoms with E-state index >= 15 is 0 Å². The summed E-state index contributed by atoms with van der Waals surface area (Å²) in [5.41, 5.74) is 6.68. The highest BCUT2D eigenvalue weighted by Crippen LogP contribution is 2.26. The Balaban J connectivity index is 1.80. The minimum Gasteiger partial charge on any atom is -0.328 e. The normalized spacial score (nSPS) is 10.8. The summed E-state index contributed by atoms with van der Waals surface area (Å²) in [7, 11) is 0. The van der Waals surface area contributed by atoms with Gasteiger partial charge in [-0.05, 0) is 67.0 Å². The van der Waals surface area contributed by atoms with Gasteiger partial charge in [0.1, 0.15) is 5.52 Å². The molecule has 0 saturated carbocycles. The van der Waals surface area contributed by atoms with Crippen LogP contribution in [0.4, 0.5) is 11.6 Å². The van der Waals surface area contributed by atoms with Crippen LogP contribution < -0.4 is 5.32 Å². The Labute approximate surface area is 184 Å². The number of fused-ring (bicyclic) bond motifs is 1. The summed E-state index contributed by atoms with van der Waals surface area (Å²) in [5, 5.41) is 12.1. The quantitative estimate of drug-likeness (QED) is 0.330. The molecular weight excluding hydrogens is 406 g/mol. The summed E-state index contributed by atoms with van der Waals surface area (Å²) in [6, 6.07) is 13.2. The molecule has 0 radical (unpaired) electrons. The summed E-state index contributed by atoms with van der Waals surface area (Å²) in [6.07, 6.45) is 4.92. The zero-order chi connectivity index (χ0) is 22.0. The maximum Gasteiger partial charge on any atom is 0.229 e. The van der Waals surface area contributed by atoms with Crippen LogP contribution >= 0.6 is 12.2 Å². The average Bonchev–Trinajstić information content (AvgIpc) is 3.07. The van der Waals surface area contributed by atoms with Crippen molar-refractivity contribution in [3.8, 4) is 11.8 Å². The van der Waals surface area contributed by atoms with Crippen LogP contribution in [-0.4, -0.2) is 19.5 Å². The molecule has 0 amide bonds. The fraction of sp³-hybridized carbons (Fsp3) is 0.0870. The number of nitrogens with one attached hydrogen (secondary N) is 2. The highest BCUT2D eigenvalue weighted by atomic mass is 32.1. The first kappa shape index (κ1) is 20.0. The van der Waals surface area contributed by atoms with Gasteiger partial charge in [0.2, 0.25) is 5.95 Å². The highest BCUT2D eigenvalue weighted by Gasteiger charge is 2.14. The van der Waals surface area contributed by atoms with E-state index in [0.717, 1.165) is 33.6 Å². The lowest BCUT2D eigenvalue weighted by Crippen LogP contribution is -2.04. The molecule has 0 aliphatic heterocycles. The smallest absolute Gasteiger partial charge is 0.229 e. The fourth-order valence-corrected chi connectivity index (χ4v) is 3.77. The second kappa shape index (κ2) is 8.23. The molecule has 0 saturated heterocycles. The zero-order valence-corrected chi connectivity index (χ0v) is 17.7. The Morgan fingerprint density at radius 1 is 1.23 bits per heavy atom. The Morgan fingerprint density at radius 2 is 1.94 bits per heavy atom. The Hall–Kier alpha value is -4.27. The number of anilines is 2. The minimum absolute atomic E-state index is 0.423. The number of H-pyrrole nitrogens is 1. The fourth-order valence-electron chi connectivity index (χ4n) is 3.49. The van der Waals surface area contributed by atoms with Crippen LogP contribution in [0.25, 0.3) is 27.8 Å².